The van der Waals surface area contributed by atoms with Crippen LogP contribution in [-0.2, 0) is 0 Å². The predicted molar refractivity (Wildman–Crippen MR) is 155 cm³/mol. The zero-order valence-corrected chi connectivity index (χ0v) is 22.8. The molecule has 0 saturated carbocycles. The van der Waals surface area contributed by atoms with Crippen LogP contribution in [0.1, 0.15) is 42.1 Å². The van der Waals surface area contributed by atoms with Crippen molar-refractivity contribution in [3.05, 3.63) is 106 Å². The van der Waals surface area contributed by atoms with Crippen molar-refractivity contribution >= 4 is 29.1 Å². The molecular formula is C32H31ClN2O3. The van der Waals surface area contributed by atoms with Gasteiger partial charge in [0.15, 0.2) is 0 Å². The smallest absolute Gasteiger partial charge is 0.412 e. The van der Waals surface area contributed by atoms with Crippen molar-refractivity contribution < 1.29 is 14.6 Å². The molecule has 1 aliphatic heterocycles. The van der Waals surface area contributed by atoms with Gasteiger partial charge in [-0.2, -0.15) is 0 Å². The van der Waals surface area contributed by atoms with E-state index in [9.17, 15) is 9.90 Å². The van der Waals surface area contributed by atoms with E-state index in [1.165, 1.54) is 4.90 Å². The molecule has 0 fully saturated rings. The highest BCUT2D eigenvalue weighted by atomic mass is 35.5. The molecule has 38 heavy (non-hydrogen) atoms. The van der Waals surface area contributed by atoms with E-state index in [0.717, 1.165) is 52.2 Å². The summed E-state index contributed by atoms with van der Waals surface area (Å²) in [5.41, 5.74) is 6.89. The number of carbonyl (C=O) groups is 1. The van der Waals surface area contributed by atoms with E-state index in [1.807, 2.05) is 68.4 Å². The molecule has 0 spiro atoms. The van der Waals surface area contributed by atoms with Gasteiger partial charge in [0.05, 0.1) is 11.7 Å². The number of fused-ring (bicyclic) bond motifs is 2. The Morgan fingerprint density at radius 2 is 1.58 bits per heavy atom. The summed E-state index contributed by atoms with van der Waals surface area (Å²) in [4.78, 5) is 16.8. The summed E-state index contributed by atoms with van der Waals surface area (Å²) < 4.78 is 6.55. The number of anilines is 2. The molecule has 1 atom stereocenters. The Balaban J connectivity index is 1.88. The average molecular weight is 527 g/mol. The van der Waals surface area contributed by atoms with Gasteiger partial charge in [0.25, 0.3) is 0 Å². The molecule has 0 saturated heterocycles. The Labute approximate surface area is 228 Å². The second kappa shape index (κ2) is 10.4. The average Bonchev–Trinajstić information content (AvgIpc) is 2.91. The van der Waals surface area contributed by atoms with Crippen molar-refractivity contribution in [3.8, 4) is 22.6 Å². The van der Waals surface area contributed by atoms with E-state index in [-0.39, 0.29) is 0 Å². The molecule has 1 aliphatic rings. The van der Waals surface area contributed by atoms with E-state index in [1.54, 1.807) is 6.07 Å². The Bertz CT molecular complexity index is 1500. The maximum Gasteiger partial charge on any atom is 0.412 e. The molecule has 194 valence electrons. The van der Waals surface area contributed by atoms with Gasteiger partial charge in [-0.1, -0.05) is 60.1 Å². The number of ether oxygens (including phenoxy) is 1. The van der Waals surface area contributed by atoms with Gasteiger partial charge in [-0.3, -0.25) is 4.90 Å². The van der Waals surface area contributed by atoms with Crippen LogP contribution in [0.3, 0.4) is 0 Å². The lowest BCUT2D eigenvalue weighted by molar-refractivity contribution is 0.199. The van der Waals surface area contributed by atoms with Crippen molar-refractivity contribution in [1.82, 2.24) is 0 Å². The molecule has 4 aromatic carbocycles. The number of aryl methyl sites for hydroxylation is 2. The topological polar surface area (TPSA) is 53.0 Å². The minimum Gasteiger partial charge on any atom is -0.465 e. The fourth-order valence-corrected chi connectivity index (χ4v) is 5.48. The van der Waals surface area contributed by atoms with Crippen LogP contribution >= 0.6 is 11.6 Å². The summed E-state index contributed by atoms with van der Waals surface area (Å²) in [5.74, 6) is 1.19. The van der Waals surface area contributed by atoms with Crippen molar-refractivity contribution in [3.63, 3.8) is 0 Å². The van der Waals surface area contributed by atoms with E-state index >= 15 is 0 Å². The third kappa shape index (κ3) is 4.48. The van der Waals surface area contributed by atoms with Gasteiger partial charge < -0.3 is 14.7 Å². The zero-order chi connectivity index (χ0) is 27.0. The van der Waals surface area contributed by atoms with Crippen LogP contribution in [-0.4, -0.2) is 24.3 Å². The quantitative estimate of drug-likeness (QED) is 0.272. The standard InChI is InChI=1S/C32H31ClN2O3/c1-5-34(6-2)23-17-24(22-13-8-7-9-14-22)30-29(18-23)38-28-19-26(33)21(4)16-25(28)31(30)35(32(36)37)27-15-11-10-12-20(27)3/h7-19,31H,5-6H2,1-4H3,(H,36,37). The van der Waals surface area contributed by atoms with Gasteiger partial charge in [-0.25, -0.2) is 4.79 Å². The number of carboxylic acid groups (broad SMARTS) is 1. The first-order valence-electron chi connectivity index (χ1n) is 12.9. The molecular weight excluding hydrogens is 496 g/mol. The number of rotatable bonds is 6. The lowest BCUT2D eigenvalue weighted by Crippen LogP contribution is -2.37. The molecule has 1 unspecified atom stereocenters. The van der Waals surface area contributed by atoms with Crippen molar-refractivity contribution in [2.45, 2.75) is 33.7 Å². The third-order valence-corrected chi connectivity index (χ3v) is 7.67. The zero-order valence-electron chi connectivity index (χ0n) is 22.0. The Hall–Kier alpha value is -3.96. The SMILES string of the molecule is CCN(CC)c1cc2c(c(-c3ccccc3)c1)C(N(C(=O)O)c1ccccc1C)c1cc(C)c(Cl)cc1O2. The molecule has 1 amide bonds. The summed E-state index contributed by atoms with van der Waals surface area (Å²) in [6, 6.07) is 24.9. The molecule has 0 bridgehead atoms. The summed E-state index contributed by atoms with van der Waals surface area (Å²) in [6.07, 6.45) is -1.04. The summed E-state index contributed by atoms with van der Waals surface area (Å²) in [6.45, 7) is 9.77. The Morgan fingerprint density at radius 3 is 2.24 bits per heavy atom. The van der Waals surface area contributed by atoms with E-state index in [0.29, 0.717) is 22.2 Å². The molecule has 0 aliphatic carbocycles. The molecule has 5 rings (SSSR count). The lowest BCUT2D eigenvalue weighted by Gasteiger charge is -2.38. The van der Waals surface area contributed by atoms with Crippen LogP contribution in [0.5, 0.6) is 11.5 Å². The van der Waals surface area contributed by atoms with Gasteiger partial charge in [0.2, 0.25) is 0 Å². The van der Waals surface area contributed by atoms with Gasteiger partial charge in [-0.05, 0) is 68.1 Å². The number of hydrogen-bond acceptors (Lipinski definition) is 3. The minimum absolute atomic E-state index is 0.564. The maximum absolute atomic E-state index is 13.1. The molecule has 0 aromatic heterocycles. The van der Waals surface area contributed by atoms with Crippen LogP contribution in [0.4, 0.5) is 16.2 Å². The predicted octanol–water partition coefficient (Wildman–Crippen LogP) is 8.85. The number of amides is 1. The van der Waals surface area contributed by atoms with E-state index < -0.39 is 12.1 Å². The largest absolute Gasteiger partial charge is 0.465 e. The van der Waals surface area contributed by atoms with Gasteiger partial charge >= 0.3 is 6.09 Å². The van der Waals surface area contributed by atoms with E-state index in [4.69, 9.17) is 16.3 Å². The molecule has 0 radical (unpaired) electrons. The summed E-state index contributed by atoms with van der Waals surface area (Å²) in [7, 11) is 0. The van der Waals surface area contributed by atoms with Crippen LogP contribution in [0, 0.1) is 13.8 Å². The fourth-order valence-electron chi connectivity index (χ4n) is 5.32. The minimum atomic E-state index is -1.04. The Kier molecular flexibility index (Phi) is 7.04. The van der Waals surface area contributed by atoms with Crippen molar-refractivity contribution in [2.75, 3.05) is 22.9 Å². The highest BCUT2D eigenvalue weighted by Gasteiger charge is 2.39. The van der Waals surface area contributed by atoms with Crippen molar-refractivity contribution in [1.29, 1.82) is 0 Å². The first kappa shape index (κ1) is 25.7. The monoisotopic (exact) mass is 526 g/mol. The normalized spacial score (nSPS) is 13.8. The number of halogens is 1. The lowest BCUT2D eigenvalue weighted by atomic mass is 9.85. The second-order valence-electron chi connectivity index (χ2n) is 9.53. The summed E-state index contributed by atoms with van der Waals surface area (Å²) >= 11 is 6.54. The first-order chi connectivity index (χ1) is 18.3. The second-order valence-corrected chi connectivity index (χ2v) is 9.93. The number of nitrogens with zero attached hydrogens (tertiary/aromatic N) is 2. The Morgan fingerprint density at radius 1 is 0.895 bits per heavy atom. The number of benzene rings is 4. The van der Waals surface area contributed by atoms with E-state index in [2.05, 4.69) is 36.9 Å². The molecule has 1 heterocycles. The number of hydrogen-bond donors (Lipinski definition) is 1. The highest BCUT2D eigenvalue weighted by molar-refractivity contribution is 6.31. The van der Waals surface area contributed by atoms with Crippen LogP contribution in [0.2, 0.25) is 5.02 Å². The maximum atomic E-state index is 13.1. The molecule has 4 aromatic rings. The van der Waals surface area contributed by atoms with Gasteiger partial charge in [-0.15, -0.1) is 0 Å². The van der Waals surface area contributed by atoms with Gasteiger partial charge in [0.1, 0.15) is 11.5 Å². The number of para-hydroxylation sites is 1. The molecule has 5 nitrogen and oxygen atoms in total. The molecule has 1 N–H and O–H groups in total. The van der Waals surface area contributed by atoms with Crippen molar-refractivity contribution in [2.24, 2.45) is 0 Å². The summed E-state index contributed by atoms with van der Waals surface area (Å²) in [5, 5.41) is 11.3. The highest BCUT2D eigenvalue weighted by Crippen LogP contribution is 2.53. The van der Waals surface area contributed by atoms with Gasteiger partial charge in [0, 0.05) is 47.1 Å². The van der Waals surface area contributed by atoms with Crippen LogP contribution in [0.15, 0.2) is 78.9 Å². The molecule has 6 heteroatoms. The third-order valence-electron chi connectivity index (χ3n) is 7.26. The van der Waals surface area contributed by atoms with Crippen LogP contribution < -0.4 is 14.5 Å². The first-order valence-corrected chi connectivity index (χ1v) is 13.3. The fraction of sp³-hybridized carbons (Fsp3) is 0.219. The van der Waals surface area contributed by atoms with Crippen LogP contribution in [0.25, 0.3) is 11.1 Å².